The molecule has 22 heavy (non-hydrogen) atoms. The Labute approximate surface area is 132 Å². The summed E-state index contributed by atoms with van der Waals surface area (Å²) in [4.78, 5) is 16.1. The van der Waals surface area contributed by atoms with Gasteiger partial charge in [0.05, 0.1) is 0 Å². The van der Waals surface area contributed by atoms with E-state index in [-0.39, 0.29) is 5.63 Å². The zero-order valence-corrected chi connectivity index (χ0v) is 13.6. The summed E-state index contributed by atoms with van der Waals surface area (Å²) < 4.78 is 5.31. The summed E-state index contributed by atoms with van der Waals surface area (Å²) in [5, 5.41) is 8.73. The van der Waals surface area contributed by atoms with Crippen molar-refractivity contribution in [2.24, 2.45) is 0 Å². The van der Waals surface area contributed by atoms with Crippen LogP contribution in [0.2, 0.25) is 0 Å². The number of hydrogen-bond acceptors (Lipinski definition) is 5. The SMILES string of the molecule is CCc1nc(SCc2cc(=O)oc3cc(C)c(C)cc23)n[nH]1. The molecule has 3 aromatic rings. The third-order valence-corrected chi connectivity index (χ3v) is 4.54. The van der Waals surface area contributed by atoms with Crippen LogP contribution in [-0.2, 0) is 12.2 Å². The van der Waals surface area contributed by atoms with E-state index in [1.807, 2.05) is 19.9 Å². The number of rotatable bonds is 4. The highest BCUT2D eigenvalue weighted by Gasteiger charge is 2.10. The van der Waals surface area contributed by atoms with Crippen LogP contribution in [0.4, 0.5) is 0 Å². The maximum Gasteiger partial charge on any atom is 0.336 e. The topological polar surface area (TPSA) is 71.8 Å². The molecule has 0 fully saturated rings. The minimum Gasteiger partial charge on any atom is -0.423 e. The van der Waals surface area contributed by atoms with Gasteiger partial charge in [0.1, 0.15) is 11.4 Å². The van der Waals surface area contributed by atoms with Crippen molar-refractivity contribution < 1.29 is 4.42 Å². The highest BCUT2D eigenvalue weighted by atomic mass is 32.2. The molecular formula is C16H17N3O2S. The molecule has 0 saturated carbocycles. The van der Waals surface area contributed by atoms with Gasteiger partial charge >= 0.3 is 5.63 Å². The van der Waals surface area contributed by atoms with Gasteiger partial charge in [-0.2, -0.15) is 0 Å². The highest BCUT2D eigenvalue weighted by molar-refractivity contribution is 7.98. The van der Waals surface area contributed by atoms with Crippen LogP contribution in [0.15, 0.2) is 32.6 Å². The van der Waals surface area contributed by atoms with Crippen LogP contribution in [0.5, 0.6) is 0 Å². The van der Waals surface area contributed by atoms with Crippen molar-refractivity contribution in [2.45, 2.75) is 38.1 Å². The molecule has 6 heteroatoms. The van der Waals surface area contributed by atoms with Crippen LogP contribution in [-0.4, -0.2) is 15.2 Å². The van der Waals surface area contributed by atoms with E-state index in [1.54, 1.807) is 6.07 Å². The number of hydrogen-bond donors (Lipinski definition) is 1. The van der Waals surface area contributed by atoms with Crippen molar-refractivity contribution in [3.8, 4) is 0 Å². The summed E-state index contributed by atoms with van der Waals surface area (Å²) >= 11 is 1.51. The van der Waals surface area contributed by atoms with Crippen LogP contribution in [0.25, 0.3) is 11.0 Å². The van der Waals surface area contributed by atoms with Crippen molar-refractivity contribution in [1.29, 1.82) is 0 Å². The number of fused-ring (bicyclic) bond motifs is 1. The van der Waals surface area contributed by atoms with E-state index in [2.05, 4.69) is 28.2 Å². The first-order valence-corrected chi connectivity index (χ1v) is 8.13. The molecule has 0 saturated heterocycles. The number of benzene rings is 1. The minimum atomic E-state index is -0.324. The standard InChI is InChI=1S/C16H17N3O2S/c1-4-14-17-16(19-18-14)22-8-11-7-15(20)21-13-6-10(3)9(2)5-12(11)13/h5-7H,4,8H2,1-3H3,(H,17,18,19). The summed E-state index contributed by atoms with van der Waals surface area (Å²) in [6.45, 7) is 6.09. The lowest BCUT2D eigenvalue weighted by molar-refractivity contribution is 0.559. The van der Waals surface area contributed by atoms with Gasteiger partial charge in [-0.3, -0.25) is 5.10 Å². The molecule has 0 bridgehead atoms. The van der Waals surface area contributed by atoms with Gasteiger partial charge in [0.15, 0.2) is 0 Å². The van der Waals surface area contributed by atoms with E-state index in [1.165, 1.54) is 17.3 Å². The zero-order chi connectivity index (χ0) is 15.7. The summed E-state index contributed by atoms with van der Waals surface area (Å²) in [7, 11) is 0. The first kappa shape index (κ1) is 14.8. The molecule has 5 nitrogen and oxygen atoms in total. The molecule has 0 aliphatic carbocycles. The Kier molecular flexibility index (Phi) is 4.02. The first-order chi connectivity index (χ1) is 10.6. The Bertz CT molecular complexity index is 883. The van der Waals surface area contributed by atoms with Gasteiger partial charge < -0.3 is 4.42 Å². The number of aromatic amines is 1. The molecule has 1 N–H and O–H groups in total. The third-order valence-electron chi connectivity index (χ3n) is 3.65. The third kappa shape index (κ3) is 2.92. The molecule has 0 unspecified atom stereocenters. The Morgan fingerprint density at radius 3 is 2.73 bits per heavy atom. The Morgan fingerprint density at radius 1 is 1.23 bits per heavy atom. The second kappa shape index (κ2) is 5.96. The van der Waals surface area contributed by atoms with E-state index < -0.39 is 0 Å². The van der Waals surface area contributed by atoms with Crippen LogP contribution in [0.3, 0.4) is 0 Å². The average Bonchev–Trinajstić information content (AvgIpc) is 2.94. The van der Waals surface area contributed by atoms with Crippen molar-refractivity contribution in [2.75, 3.05) is 0 Å². The van der Waals surface area contributed by atoms with Crippen LogP contribution in [0.1, 0.15) is 29.4 Å². The van der Waals surface area contributed by atoms with Gasteiger partial charge in [0.25, 0.3) is 0 Å². The van der Waals surface area contributed by atoms with Crippen molar-refractivity contribution in [1.82, 2.24) is 15.2 Å². The molecular weight excluding hydrogens is 298 g/mol. The summed E-state index contributed by atoms with van der Waals surface area (Å²) in [6, 6.07) is 5.54. The highest BCUT2D eigenvalue weighted by Crippen LogP contribution is 2.26. The molecule has 3 rings (SSSR count). The molecule has 0 aliphatic rings. The largest absolute Gasteiger partial charge is 0.423 e. The molecule has 2 aromatic heterocycles. The number of nitrogens with one attached hydrogen (secondary N) is 1. The number of H-pyrrole nitrogens is 1. The van der Waals surface area contributed by atoms with Gasteiger partial charge in [-0.25, -0.2) is 9.78 Å². The van der Waals surface area contributed by atoms with Crippen LogP contribution < -0.4 is 5.63 Å². The molecule has 0 radical (unpaired) electrons. The van der Waals surface area contributed by atoms with Crippen molar-refractivity contribution >= 4 is 22.7 Å². The van der Waals surface area contributed by atoms with Crippen LogP contribution >= 0.6 is 11.8 Å². The summed E-state index contributed by atoms with van der Waals surface area (Å²) in [5.74, 6) is 1.50. The fourth-order valence-electron chi connectivity index (χ4n) is 2.25. The predicted molar refractivity (Wildman–Crippen MR) is 87.3 cm³/mol. The maximum absolute atomic E-state index is 11.7. The van der Waals surface area contributed by atoms with Gasteiger partial charge in [-0.1, -0.05) is 18.7 Å². The molecule has 1 aromatic carbocycles. The van der Waals surface area contributed by atoms with E-state index >= 15 is 0 Å². The smallest absolute Gasteiger partial charge is 0.336 e. The van der Waals surface area contributed by atoms with Gasteiger partial charge in [0.2, 0.25) is 5.16 Å². The van der Waals surface area contributed by atoms with E-state index in [0.717, 1.165) is 28.8 Å². The lowest BCUT2D eigenvalue weighted by Crippen LogP contribution is -2.00. The van der Waals surface area contributed by atoms with E-state index in [4.69, 9.17) is 4.42 Å². The second-order valence-corrected chi connectivity index (χ2v) is 6.17. The molecule has 0 amide bonds. The lowest BCUT2D eigenvalue weighted by Gasteiger charge is -2.07. The fourth-order valence-corrected chi connectivity index (χ4v) is 3.05. The van der Waals surface area contributed by atoms with E-state index in [9.17, 15) is 4.79 Å². The Hall–Kier alpha value is -2.08. The van der Waals surface area contributed by atoms with Gasteiger partial charge in [-0.05, 0) is 42.7 Å². The first-order valence-electron chi connectivity index (χ1n) is 7.15. The maximum atomic E-state index is 11.7. The normalized spacial score (nSPS) is 11.2. The monoisotopic (exact) mass is 315 g/mol. The van der Waals surface area contributed by atoms with Gasteiger partial charge in [0, 0.05) is 23.6 Å². The second-order valence-electron chi connectivity index (χ2n) is 5.23. The van der Waals surface area contributed by atoms with Crippen molar-refractivity contribution in [3.05, 3.63) is 51.1 Å². The summed E-state index contributed by atoms with van der Waals surface area (Å²) in [5.41, 5.74) is 3.55. The quantitative estimate of drug-likeness (QED) is 0.590. The molecule has 0 aliphatic heterocycles. The lowest BCUT2D eigenvalue weighted by atomic mass is 10.0. The fraction of sp³-hybridized carbons (Fsp3) is 0.312. The van der Waals surface area contributed by atoms with Crippen LogP contribution in [0, 0.1) is 13.8 Å². The zero-order valence-electron chi connectivity index (χ0n) is 12.8. The number of aromatic nitrogens is 3. The molecule has 2 heterocycles. The van der Waals surface area contributed by atoms with Gasteiger partial charge in [-0.15, -0.1) is 5.10 Å². The summed E-state index contributed by atoms with van der Waals surface area (Å²) in [6.07, 6.45) is 0.823. The van der Waals surface area contributed by atoms with E-state index in [0.29, 0.717) is 16.5 Å². The Morgan fingerprint density at radius 2 is 2.00 bits per heavy atom. The number of thioether (sulfide) groups is 1. The van der Waals surface area contributed by atoms with Crippen molar-refractivity contribution in [3.63, 3.8) is 0 Å². The molecule has 0 atom stereocenters. The molecule has 114 valence electrons. The number of nitrogens with zero attached hydrogens (tertiary/aromatic N) is 2. The minimum absolute atomic E-state index is 0.324. The predicted octanol–water partition coefficient (Wildman–Crippen LogP) is 3.38. The molecule has 0 spiro atoms. The Balaban J connectivity index is 1.95. The number of aryl methyl sites for hydroxylation is 3. The average molecular weight is 315 g/mol.